The highest BCUT2D eigenvalue weighted by molar-refractivity contribution is 6.63. The monoisotopic (exact) mass is 406 g/mol. The van der Waals surface area contributed by atoms with Crippen molar-refractivity contribution in [1.29, 1.82) is 0 Å². The summed E-state index contributed by atoms with van der Waals surface area (Å²) in [6.45, 7) is 2.15. The van der Waals surface area contributed by atoms with Gasteiger partial charge in [0.2, 0.25) is 10.5 Å². The van der Waals surface area contributed by atoms with Crippen molar-refractivity contribution in [3.8, 4) is 0 Å². The first-order valence-electron chi connectivity index (χ1n) is 10.9. The quantitative estimate of drug-likeness (QED) is 0.151. The molecule has 0 radical (unpaired) electrons. The Morgan fingerprint density at radius 1 is 0.615 bits per heavy atom. The molecule has 0 aromatic carbocycles. The standard InChI is InChI=1S/C22H40Cl2O2/c1-2-20(19-22(24)26)17-15-13-11-9-7-5-3-4-6-8-10-12-14-16-18-21(23)25/h20H,2-19H2,1H3. The van der Waals surface area contributed by atoms with Gasteiger partial charge < -0.3 is 0 Å². The Balaban J connectivity index is 3.17. The topological polar surface area (TPSA) is 34.1 Å². The minimum absolute atomic E-state index is 0.181. The van der Waals surface area contributed by atoms with E-state index in [0.717, 1.165) is 25.7 Å². The maximum absolute atomic E-state index is 10.9. The Hall–Kier alpha value is -0.0800. The van der Waals surface area contributed by atoms with Gasteiger partial charge in [0.1, 0.15) is 0 Å². The molecule has 0 heterocycles. The molecule has 0 aromatic heterocycles. The highest BCUT2D eigenvalue weighted by Crippen LogP contribution is 2.19. The molecule has 2 nitrogen and oxygen atoms in total. The molecule has 0 bridgehead atoms. The summed E-state index contributed by atoms with van der Waals surface area (Å²) in [6, 6.07) is 0. The van der Waals surface area contributed by atoms with Crippen molar-refractivity contribution in [2.45, 2.75) is 122 Å². The minimum atomic E-state index is -0.196. The van der Waals surface area contributed by atoms with Gasteiger partial charge in [-0.3, -0.25) is 9.59 Å². The zero-order chi connectivity index (χ0) is 19.5. The number of carbonyl (C=O) groups is 2. The van der Waals surface area contributed by atoms with Crippen molar-refractivity contribution >= 4 is 33.7 Å². The van der Waals surface area contributed by atoms with Crippen LogP contribution in [0.15, 0.2) is 0 Å². The van der Waals surface area contributed by atoms with Crippen molar-refractivity contribution < 1.29 is 9.59 Å². The second-order valence-corrected chi connectivity index (χ2v) is 8.52. The molecule has 1 unspecified atom stereocenters. The van der Waals surface area contributed by atoms with Crippen molar-refractivity contribution in [3.63, 3.8) is 0 Å². The van der Waals surface area contributed by atoms with Crippen molar-refractivity contribution in [1.82, 2.24) is 0 Å². The average Bonchev–Trinajstić information content (AvgIpc) is 2.59. The summed E-state index contributed by atoms with van der Waals surface area (Å²) in [5.74, 6) is 0.489. The van der Waals surface area contributed by atoms with Crippen LogP contribution in [-0.4, -0.2) is 10.5 Å². The second-order valence-electron chi connectivity index (χ2n) is 7.68. The van der Waals surface area contributed by atoms with Crippen LogP contribution >= 0.6 is 23.2 Å². The lowest BCUT2D eigenvalue weighted by Crippen LogP contribution is -2.03. The summed E-state index contributed by atoms with van der Waals surface area (Å²) in [4.78, 5) is 21.5. The Labute approximate surface area is 171 Å². The van der Waals surface area contributed by atoms with Crippen LogP contribution in [0.5, 0.6) is 0 Å². The Morgan fingerprint density at radius 2 is 1.00 bits per heavy atom. The third-order valence-corrected chi connectivity index (χ3v) is 5.61. The van der Waals surface area contributed by atoms with Gasteiger partial charge in [0, 0.05) is 12.8 Å². The molecular formula is C22H40Cl2O2. The molecule has 0 spiro atoms. The average molecular weight is 407 g/mol. The van der Waals surface area contributed by atoms with Gasteiger partial charge in [-0.25, -0.2) is 0 Å². The predicted molar refractivity (Wildman–Crippen MR) is 114 cm³/mol. The van der Waals surface area contributed by atoms with E-state index in [1.807, 2.05) is 0 Å². The Kier molecular flexibility index (Phi) is 19.6. The summed E-state index contributed by atoms with van der Waals surface area (Å²) in [6.07, 6.45) is 21.3. The molecule has 0 aliphatic carbocycles. The molecule has 0 fully saturated rings. The molecule has 0 aliphatic heterocycles. The maximum atomic E-state index is 10.9. The summed E-state index contributed by atoms with van der Waals surface area (Å²) in [7, 11) is 0. The van der Waals surface area contributed by atoms with Crippen LogP contribution in [0.3, 0.4) is 0 Å². The highest BCUT2D eigenvalue weighted by atomic mass is 35.5. The molecule has 0 aliphatic rings. The maximum Gasteiger partial charge on any atom is 0.221 e. The molecule has 26 heavy (non-hydrogen) atoms. The predicted octanol–water partition coefficient (Wildman–Crippen LogP) is 8.18. The van der Waals surface area contributed by atoms with Crippen molar-refractivity contribution in [2.75, 3.05) is 0 Å². The SMILES string of the molecule is CCC(CCCCCCCCCCCCCCCCC(=O)Cl)CC(=O)Cl. The summed E-state index contributed by atoms with van der Waals surface area (Å²) < 4.78 is 0. The van der Waals surface area contributed by atoms with Gasteiger partial charge in [-0.05, 0) is 42.0 Å². The first-order chi connectivity index (χ1) is 12.6. The zero-order valence-corrected chi connectivity index (χ0v) is 18.4. The molecular weight excluding hydrogens is 367 g/mol. The third kappa shape index (κ3) is 20.2. The van der Waals surface area contributed by atoms with Gasteiger partial charge in [-0.1, -0.05) is 96.8 Å². The van der Waals surface area contributed by atoms with Gasteiger partial charge in [0.05, 0.1) is 0 Å². The van der Waals surface area contributed by atoms with Crippen molar-refractivity contribution in [3.05, 3.63) is 0 Å². The largest absolute Gasteiger partial charge is 0.281 e. The van der Waals surface area contributed by atoms with Crippen molar-refractivity contribution in [2.24, 2.45) is 5.92 Å². The van der Waals surface area contributed by atoms with Gasteiger partial charge >= 0.3 is 0 Å². The molecule has 0 rings (SSSR count). The molecule has 4 heteroatoms. The van der Waals surface area contributed by atoms with E-state index in [9.17, 15) is 9.59 Å². The normalized spacial score (nSPS) is 12.3. The van der Waals surface area contributed by atoms with E-state index in [1.165, 1.54) is 77.0 Å². The van der Waals surface area contributed by atoms with Gasteiger partial charge in [0.25, 0.3) is 0 Å². The van der Waals surface area contributed by atoms with Crippen LogP contribution in [0, 0.1) is 5.92 Å². The van der Waals surface area contributed by atoms with E-state index in [-0.39, 0.29) is 10.5 Å². The fraction of sp³-hybridized carbons (Fsp3) is 0.909. The van der Waals surface area contributed by atoms with Crippen LogP contribution in [0.2, 0.25) is 0 Å². The number of halogens is 2. The zero-order valence-electron chi connectivity index (χ0n) is 16.9. The van der Waals surface area contributed by atoms with Crippen LogP contribution in [0.4, 0.5) is 0 Å². The first kappa shape index (κ1) is 25.9. The van der Waals surface area contributed by atoms with E-state index >= 15 is 0 Å². The summed E-state index contributed by atoms with van der Waals surface area (Å²) in [5, 5.41) is -0.377. The van der Waals surface area contributed by atoms with Gasteiger partial charge in [-0.15, -0.1) is 0 Å². The number of rotatable bonds is 20. The lowest BCUT2D eigenvalue weighted by molar-refractivity contribution is -0.113. The lowest BCUT2D eigenvalue weighted by atomic mass is 9.95. The van der Waals surface area contributed by atoms with E-state index in [1.54, 1.807) is 0 Å². The number of hydrogen-bond donors (Lipinski definition) is 0. The van der Waals surface area contributed by atoms with Crippen LogP contribution in [0.25, 0.3) is 0 Å². The Bertz CT molecular complexity index is 345. The Morgan fingerprint density at radius 3 is 1.35 bits per heavy atom. The summed E-state index contributed by atoms with van der Waals surface area (Å²) in [5.41, 5.74) is 0. The van der Waals surface area contributed by atoms with Crippen LogP contribution < -0.4 is 0 Å². The van der Waals surface area contributed by atoms with E-state index in [0.29, 0.717) is 18.8 Å². The fourth-order valence-electron chi connectivity index (χ4n) is 3.50. The smallest absolute Gasteiger partial charge is 0.221 e. The molecule has 0 amide bonds. The number of unbranched alkanes of at least 4 members (excludes halogenated alkanes) is 13. The molecule has 0 N–H and O–H groups in total. The van der Waals surface area contributed by atoms with Crippen LogP contribution in [-0.2, 0) is 9.59 Å². The third-order valence-electron chi connectivity index (χ3n) is 5.26. The highest BCUT2D eigenvalue weighted by Gasteiger charge is 2.09. The molecule has 0 saturated heterocycles. The minimum Gasteiger partial charge on any atom is -0.281 e. The molecule has 1 atom stereocenters. The summed E-state index contributed by atoms with van der Waals surface area (Å²) >= 11 is 10.8. The van der Waals surface area contributed by atoms with Gasteiger partial charge in [0.15, 0.2) is 0 Å². The number of carbonyl (C=O) groups excluding carboxylic acids is 2. The van der Waals surface area contributed by atoms with E-state index in [4.69, 9.17) is 23.2 Å². The lowest BCUT2D eigenvalue weighted by Gasteiger charge is -2.11. The van der Waals surface area contributed by atoms with E-state index < -0.39 is 0 Å². The first-order valence-corrected chi connectivity index (χ1v) is 11.7. The van der Waals surface area contributed by atoms with Gasteiger partial charge in [-0.2, -0.15) is 0 Å². The second kappa shape index (κ2) is 19.7. The number of hydrogen-bond acceptors (Lipinski definition) is 2. The van der Waals surface area contributed by atoms with Crippen LogP contribution in [0.1, 0.15) is 122 Å². The molecule has 0 saturated carbocycles. The molecule has 154 valence electrons. The fourth-order valence-corrected chi connectivity index (χ4v) is 3.85. The van der Waals surface area contributed by atoms with E-state index in [2.05, 4.69) is 6.92 Å². The molecule has 0 aromatic rings.